The maximum atomic E-state index is 10.7. The van der Waals surface area contributed by atoms with Crippen molar-refractivity contribution in [1.82, 2.24) is 0 Å². The smallest absolute Gasteiger partial charge is 0.339 e. The number of aromatic carboxylic acids is 3. The van der Waals surface area contributed by atoms with Gasteiger partial charge in [-0.15, -0.1) is 0 Å². The Labute approximate surface area is 193 Å². The number of hydrogen-bond donors (Lipinski definition) is 6. The zero-order valence-electron chi connectivity index (χ0n) is 17.5. The molecule has 4 rings (SSSR count). The van der Waals surface area contributed by atoms with Gasteiger partial charge in [0, 0.05) is 5.39 Å². The molecule has 4 aromatic rings. The Morgan fingerprint density at radius 1 is 0.471 bits per heavy atom. The van der Waals surface area contributed by atoms with Gasteiger partial charge in [-0.1, -0.05) is 54.6 Å². The van der Waals surface area contributed by atoms with Crippen molar-refractivity contribution in [2.75, 3.05) is 0 Å². The molecule has 0 aliphatic carbocycles. The fraction of sp³-hybridized carbons (Fsp3) is 0. The first-order chi connectivity index (χ1) is 16.1. The summed E-state index contributed by atoms with van der Waals surface area (Å²) < 4.78 is 0. The van der Waals surface area contributed by atoms with Gasteiger partial charge in [0.1, 0.15) is 33.9 Å². The van der Waals surface area contributed by atoms with Crippen molar-refractivity contribution in [2.24, 2.45) is 0 Å². The van der Waals surface area contributed by atoms with Gasteiger partial charge in [-0.3, -0.25) is 0 Å². The van der Waals surface area contributed by atoms with Crippen LogP contribution in [0.1, 0.15) is 31.1 Å². The van der Waals surface area contributed by atoms with Gasteiger partial charge in [-0.2, -0.15) is 0 Å². The van der Waals surface area contributed by atoms with Gasteiger partial charge >= 0.3 is 17.9 Å². The van der Waals surface area contributed by atoms with E-state index >= 15 is 0 Å². The lowest BCUT2D eigenvalue weighted by Gasteiger charge is -2.03. The third-order valence-corrected chi connectivity index (χ3v) is 4.40. The number of aromatic hydroxyl groups is 3. The van der Waals surface area contributed by atoms with Crippen LogP contribution in [-0.4, -0.2) is 48.5 Å². The third kappa shape index (κ3) is 6.47. The molecule has 0 atom stereocenters. The number of para-hydroxylation sites is 2. The highest BCUT2D eigenvalue weighted by molar-refractivity contribution is 6.00. The summed E-state index contributed by atoms with van der Waals surface area (Å²) >= 11 is 0. The van der Waals surface area contributed by atoms with Gasteiger partial charge in [0.25, 0.3) is 0 Å². The molecular weight excluding hydrogens is 444 g/mol. The van der Waals surface area contributed by atoms with Crippen molar-refractivity contribution < 1.29 is 45.0 Å². The van der Waals surface area contributed by atoms with E-state index < -0.39 is 17.9 Å². The van der Waals surface area contributed by atoms with Crippen LogP contribution >= 0.6 is 0 Å². The third-order valence-electron chi connectivity index (χ3n) is 4.40. The van der Waals surface area contributed by atoms with Crippen LogP contribution in [-0.2, 0) is 0 Å². The maximum Gasteiger partial charge on any atom is 0.339 e. The molecule has 4 aromatic carbocycles. The molecule has 174 valence electrons. The molecule has 9 heteroatoms. The Hall–Kier alpha value is -5.05. The average Bonchev–Trinajstić information content (AvgIpc) is 2.80. The van der Waals surface area contributed by atoms with E-state index in [2.05, 4.69) is 0 Å². The van der Waals surface area contributed by atoms with Crippen LogP contribution in [0.3, 0.4) is 0 Å². The molecule has 0 fully saturated rings. The first-order valence-corrected chi connectivity index (χ1v) is 9.60. The lowest BCUT2D eigenvalue weighted by molar-refractivity contribution is 0.0682. The molecule has 0 spiro atoms. The normalized spacial score (nSPS) is 9.65. The molecule has 0 saturated carbocycles. The minimum atomic E-state index is -1.12. The maximum absolute atomic E-state index is 10.7. The van der Waals surface area contributed by atoms with Crippen LogP contribution in [0.4, 0.5) is 0 Å². The zero-order valence-corrected chi connectivity index (χ0v) is 17.5. The summed E-state index contributed by atoms with van der Waals surface area (Å²) in [6, 6.07) is 21.8. The monoisotopic (exact) mass is 464 g/mol. The Bertz CT molecular complexity index is 1270. The number of hydrogen-bond acceptors (Lipinski definition) is 6. The molecule has 0 saturated heterocycles. The molecule has 0 aliphatic rings. The van der Waals surface area contributed by atoms with Crippen LogP contribution in [0.25, 0.3) is 10.8 Å². The van der Waals surface area contributed by atoms with Gasteiger partial charge < -0.3 is 30.6 Å². The fourth-order valence-electron chi connectivity index (χ4n) is 2.74. The minimum Gasteiger partial charge on any atom is -0.507 e. The molecule has 6 N–H and O–H groups in total. The first kappa shape index (κ1) is 25.2. The van der Waals surface area contributed by atoms with Gasteiger partial charge in [-0.25, -0.2) is 14.4 Å². The number of benzene rings is 4. The molecular formula is C25H20O9. The second kappa shape index (κ2) is 11.5. The number of fused-ring (bicyclic) bond motifs is 1. The van der Waals surface area contributed by atoms with Crippen molar-refractivity contribution in [3.63, 3.8) is 0 Å². The lowest BCUT2D eigenvalue weighted by atomic mass is 10.1. The predicted octanol–water partition coefficient (Wildman–Crippen LogP) is 4.42. The number of carbonyl (C=O) groups is 3. The van der Waals surface area contributed by atoms with E-state index in [1.807, 2.05) is 12.1 Å². The van der Waals surface area contributed by atoms with Crippen LogP contribution in [0.2, 0.25) is 0 Å². The molecule has 9 nitrogen and oxygen atoms in total. The van der Waals surface area contributed by atoms with Gasteiger partial charge in [-0.05, 0) is 35.7 Å². The summed E-state index contributed by atoms with van der Waals surface area (Å²) in [5, 5.41) is 54.4. The van der Waals surface area contributed by atoms with Crippen molar-refractivity contribution in [2.45, 2.75) is 0 Å². The standard InChI is InChI=1S/C11H8O3.2C7H6O3/c12-10-8-4-2-1-3-7(8)5-6-9(10)11(13)14;2*8-6-4-2-1-3-5(6)7(9)10/h1-6,12H,(H,13,14);2*1-4,8H,(H,9,10). The van der Waals surface area contributed by atoms with Crippen LogP contribution in [0.15, 0.2) is 84.9 Å². The molecule has 0 aliphatic heterocycles. The SMILES string of the molecule is O=C(O)c1ccc2ccccc2c1O.O=C(O)c1ccccc1O.O=C(O)c1ccccc1O. The van der Waals surface area contributed by atoms with E-state index in [9.17, 15) is 19.5 Å². The van der Waals surface area contributed by atoms with E-state index in [0.717, 1.165) is 5.39 Å². The number of rotatable bonds is 3. The largest absolute Gasteiger partial charge is 0.507 e. The van der Waals surface area contributed by atoms with E-state index in [-0.39, 0.29) is 33.9 Å². The Kier molecular flexibility index (Phi) is 8.55. The summed E-state index contributed by atoms with van der Waals surface area (Å²) in [5.41, 5.74) is -0.200. The average molecular weight is 464 g/mol. The van der Waals surface area contributed by atoms with Gasteiger partial charge in [0.2, 0.25) is 0 Å². The van der Waals surface area contributed by atoms with Crippen molar-refractivity contribution in [3.05, 3.63) is 102 Å². The molecule has 0 aromatic heterocycles. The summed E-state index contributed by atoms with van der Waals surface area (Å²) in [5.74, 6) is -3.91. The second-order valence-electron chi connectivity index (χ2n) is 6.63. The number of carboxylic acids is 3. The minimum absolute atomic E-state index is 0.0660. The van der Waals surface area contributed by atoms with E-state index in [1.165, 1.54) is 30.3 Å². The van der Waals surface area contributed by atoms with Crippen LogP contribution in [0, 0.1) is 0 Å². The van der Waals surface area contributed by atoms with Crippen molar-refractivity contribution in [3.8, 4) is 17.2 Å². The van der Waals surface area contributed by atoms with Crippen LogP contribution < -0.4 is 0 Å². The zero-order chi connectivity index (χ0) is 25.3. The van der Waals surface area contributed by atoms with E-state index in [0.29, 0.717) is 5.39 Å². The Morgan fingerprint density at radius 2 is 0.882 bits per heavy atom. The van der Waals surface area contributed by atoms with Crippen molar-refractivity contribution >= 4 is 28.7 Å². The van der Waals surface area contributed by atoms with E-state index in [4.69, 9.17) is 25.5 Å². The summed E-state index contributed by atoms with van der Waals surface area (Å²) in [6.07, 6.45) is 0. The molecule has 0 unspecified atom stereocenters. The second-order valence-corrected chi connectivity index (χ2v) is 6.63. The fourth-order valence-corrected chi connectivity index (χ4v) is 2.74. The van der Waals surface area contributed by atoms with Crippen LogP contribution in [0.5, 0.6) is 17.2 Å². The summed E-state index contributed by atoms with van der Waals surface area (Å²) in [6.45, 7) is 0. The lowest BCUT2D eigenvalue weighted by Crippen LogP contribution is -1.96. The Balaban J connectivity index is 0.000000185. The summed E-state index contributed by atoms with van der Waals surface area (Å²) in [4.78, 5) is 31.2. The van der Waals surface area contributed by atoms with Gasteiger partial charge in [0.15, 0.2) is 0 Å². The first-order valence-electron chi connectivity index (χ1n) is 9.60. The highest BCUT2D eigenvalue weighted by Crippen LogP contribution is 2.28. The summed E-state index contributed by atoms with van der Waals surface area (Å²) in [7, 11) is 0. The molecule has 34 heavy (non-hydrogen) atoms. The Morgan fingerprint density at radius 3 is 1.29 bits per heavy atom. The molecule has 0 amide bonds. The number of phenols is 3. The van der Waals surface area contributed by atoms with Crippen molar-refractivity contribution in [1.29, 1.82) is 0 Å². The quantitative estimate of drug-likeness (QED) is 0.256. The predicted molar refractivity (Wildman–Crippen MR) is 123 cm³/mol. The highest BCUT2D eigenvalue weighted by atomic mass is 16.4. The highest BCUT2D eigenvalue weighted by Gasteiger charge is 2.11. The van der Waals surface area contributed by atoms with E-state index in [1.54, 1.807) is 42.5 Å². The van der Waals surface area contributed by atoms with Gasteiger partial charge in [0.05, 0.1) is 0 Å². The molecule has 0 heterocycles. The molecule has 0 bridgehead atoms. The molecule has 0 radical (unpaired) electrons. The number of carboxylic acid groups (broad SMARTS) is 3. The topological polar surface area (TPSA) is 173 Å².